The monoisotopic (exact) mass is 271 g/mol. The lowest BCUT2D eigenvalue weighted by atomic mass is 10.3. The fraction of sp³-hybridized carbons (Fsp3) is 0.583. The van der Waals surface area contributed by atoms with E-state index in [0.29, 0.717) is 25.9 Å². The standard InChI is InChI=1S/C12H21N3O4/c1-4-7-13-12(18)14-10(16)9-15(2)8-5-6-11(17)19-3/h4H,1,5-9H2,2-3H3,(H2,13,14,16,18). The van der Waals surface area contributed by atoms with Gasteiger partial charge in [-0.15, -0.1) is 6.58 Å². The van der Waals surface area contributed by atoms with Gasteiger partial charge in [-0.25, -0.2) is 4.79 Å². The second kappa shape index (κ2) is 10.1. The van der Waals surface area contributed by atoms with Gasteiger partial charge in [0, 0.05) is 13.0 Å². The molecule has 7 heteroatoms. The molecule has 0 spiro atoms. The van der Waals surface area contributed by atoms with Crippen molar-refractivity contribution in [2.24, 2.45) is 0 Å². The first-order valence-corrected chi connectivity index (χ1v) is 5.93. The number of hydrogen-bond acceptors (Lipinski definition) is 5. The maximum absolute atomic E-state index is 11.4. The molecule has 0 saturated heterocycles. The van der Waals surface area contributed by atoms with Crippen LogP contribution in [0.3, 0.4) is 0 Å². The minimum atomic E-state index is -0.548. The number of carbonyl (C=O) groups excluding carboxylic acids is 3. The molecule has 0 aliphatic heterocycles. The summed E-state index contributed by atoms with van der Waals surface area (Å²) in [6.07, 6.45) is 2.42. The van der Waals surface area contributed by atoms with Crippen molar-refractivity contribution in [1.82, 2.24) is 15.5 Å². The highest BCUT2D eigenvalue weighted by molar-refractivity contribution is 5.95. The number of ether oxygens (including phenoxy) is 1. The lowest BCUT2D eigenvalue weighted by molar-refractivity contribution is -0.140. The summed E-state index contributed by atoms with van der Waals surface area (Å²) < 4.78 is 4.51. The maximum atomic E-state index is 11.4. The SMILES string of the molecule is C=CCNC(=O)NC(=O)CN(C)CCCC(=O)OC. The van der Waals surface area contributed by atoms with Crippen molar-refractivity contribution in [2.45, 2.75) is 12.8 Å². The highest BCUT2D eigenvalue weighted by Gasteiger charge is 2.10. The van der Waals surface area contributed by atoms with Gasteiger partial charge in [0.15, 0.2) is 0 Å². The topological polar surface area (TPSA) is 87.7 Å². The Hall–Kier alpha value is -1.89. The Bertz CT molecular complexity index is 331. The van der Waals surface area contributed by atoms with Crippen molar-refractivity contribution in [3.8, 4) is 0 Å². The lowest BCUT2D eigenvalue weighted by Gasteiger charge is -2.15. The molecule has 0 bridgehead atoms. The molecule has 0 radical (unpaired) electrons. The average Bonchev–Trinajstić information content (AvgIpc) is 2.35. The van der Waals surface area contributed by atoms with Crippen LogP contribution in [0.1, 0.15) is 12.8 Å². The Kier molecular flexibility index (Phi) is 9.07. The van der Waals surface area contributed by atoms with Crippen LogP contribution in [0.25, 0.3) is 0 Å². The Morgan fingerprint density at radius 1 is 1.37 bits per heavy atom. The maximum Gasteiger partial charge on any atom is 0.321 e. The van der Waals surface area contributed by atoms with Gasteiger partial charge in [-0.1, -0.05) is 6.08 Å². The molecule has 0 unspecified atom stereocenters. The molecule has 0 rings (SSSR count). The second-order valence-electron chi connectivity index (χ2n) is 3.96. The number of carbonyl (C=O) groups is 3. The third-order valence-electron chi connectivity index (χ3n) is 2.22. The predicted molar refractivity (Wildman–Crippen MR) is 70.5 cm³/mol. The van der Waals surface area contributed by atoms with E-state index in [-0.39, 0.29) is 12.5 Å². The van der Waals surface area contributed by atoms with E-state index in [4.69, 9.17) is 0 Å². The van der Waals surface area contributed by atoms with Crippen LogP contribution in [0.15, 0.2) is 12.7 Å². The van der Waals surface area contributed by atoms with Crippen LogP contribution < -0.4 is 10.6 Å². The molecular weight excluding hydrogens is 250 g/mol. The molecule has 7 nitrogen and oxygen atoms in total. The molecule has 2 N–H and O–H groups in total. The van der Waals surface area contributed by atoms with Gasteiger partial charge >= 0.3 is 12.0 Å². The molecule has 0 heterocycles. The van der Waals surface area contributed by atoms with Gasteiger partial charge in [0.25, 0.3) is 0 Å². The van der Waals surface area contributed by atoms with Gasteiger partial charge in [-0.3, -0.25) is 19.8 Å². The van der Waals surface area contributed by atoms with Crippen molar-refractivity contribution in [3.05, 3.63) is 12.7 Å². The number of imide groups is 1. The molecule has 0 aromatic carbocycles. The first-order valence-electron chi connectivity index (χ1n) is 5.93. The lowest BCUT2D eigenvalue weighted by Crippen LogP contribution is -2.43. The number of methoxy groups -OCH3 is 1. The number of nitrogens with one attached hydrogen (secondary N) is 2. The van der Waals surface area contributed by atoms with E-state index in [9.17, 15) is 14.4 Å². The summed E-state index contributed by atoms with van der Waals surface area (Å²) in [5.41, 5.74) is 0. The summed E-state index contributed by atoms with van der Waals surface area (Å²) in [4.78, 5) is 35.2. The average molecular weight is 271 g/mol. The Morgan fingerprint density at radius 2 is 2.05 bits per heavy atom. The van der Waals surface area contributed by atoms with E-state index < -0.39 is 11.9 Å². The van der Waals surface area contributed by atoms with Crippen LogP contribution >= 0.6 is 0 Å². The Balaban J connectivity index is 3.76. The van der Waals surface area contributed by atoms with E-state index in [0.717, 1.165) is 0 Å². The van der Waals surface area contributed by atoms with Crippen molar-refractivity contribution < 1.29 is 19.1 Å². The molecule has 0 fully saturated rings. The van der Waals surface area contributed by atoms with E-state index in [1.807, 2.05) is 0 Å². The first kappa shape index (κ1) is 17.1. The normalized spacial score (nSPS) is 9.84. The van der Waals surface area contributed by atoms with E-state index in [1.165, 1.54) is 13.2 Å². The molecule has 0 aromatic rings. The van der Waals surface area contributed by atoms with Crippen LogP contribution in [0.4, 0.5) is 4.79 Å². The van der Waals surface area contributed by atoms with Crippen LogP contribution in [-0.4, -0.2) is 56.6 Å². The molecule has 0 saturated carbocycles. The van der Waals surface area contributed by atoms with Crippen LogP contribution in [0.5, 0.6) is 0 Å². The zero-order valence-corrected chi connectivity index (χ0v) is 11.4. The van der Waals surface area contributed by atoms with Crippen molar-refractivity contribution in [3.63, 3.8) is 0 Å². The highest BCUT2D eigenvalue weighted by atomic mass is 16.5. The highest BCUT2D eigenvalue weighted by Crippen LogP contribution is 1.94. The summed E-state index contributed by atoms with van der Waals surface area (Å²) in [6.45, 7) is 4.39. The van der Waals surface area contributed by atoms with Crippen molar-refractivity contribution >= 4 is 17.9 Å². The number of likely N-dealkylation sites (N-methyl/N-ethyl adjacent to an activating group) is 1. The number of esters is 1. The van der Waals surface area contributed by atoms with Crippen molar-refractivity contribution in [1.29, 1.82) is 0 Å². The van der Waals surface area contributed by atoms with Gasteiger partial charge in [0.05, 0.1) is 13.7 Å². The predicted octanol–water partition coefficient (Wildman–Crippen LogP) is -0.117. The summed E-state index contributed by atoms with van der Waals surface area (Å²) in [6, 6.07) is -0.548. The smallest absolute Gasteiger partial charge is 0.321 e. The number of rotatable bonds is 8. The van der Waals surface area contributed by atoms with Crippen molar-refractivity contribution in [2.75, 3.05) is 33.8 Å². The molecule has 108 valence electrons. The third kappa shape index (κ3) is 9.78. The molecule has 19 heavy (non-hydrogen) atoms. The molecule has 3 amide bonds. The number of nitrogens with zero attached hydrogens (tertiary/aromatic N) is 1. The minimum absolute atomic E-state index is 0.0860. The molecule has 0 aromatic heterocycles. The summed E-state index contributed by atoms with van der Waals surface area (Å²) >= 11 is 0. The fourth-order valence-corrected chi connectivity index (χ4v) is 1.29. The summed E-state index contributed by atoms with van der Waals surface area (Å²) in [5, 5.41) is 4.62. The van der Waals surface area contributed by atoms with Gasteiger partial charge < -0.3 is 10.1 Å². The molecule has 0 aliphatic carbocycles. The number of hydrogen-bond donors (Lipinski definition) is 2. The number of amides is 3. The van der Waals surface area contributed by atoms with Crippen LogP contribution in [-0.2, 0) is 14.3 Å². The summed E-state index contributed by atoms with van der Waals surface area (Å²) in [7, 11) is 3.07. The van der Waals surface area contributed by atoms with Crippen LogP contribution in [0, 0.1) is 0 Å². The van der Waals surface area contributed by atoms with E-state index in [1.54, 1.807) is 11.9 Å². The molecule has 0 atom stereocenters. The Morgan fingerprint density at radius 3 is 2.63 bits per heavy atom. The number of urea groups is 1. The quantitative estimate of drug-likeness (QED) is 0.475. The van der Waals surface area contributed by atoms with Gasteiger partial charge in [-0.05, 0) is 20.0 Å². The zero-order valence-electron chi connectivity index (χ0n) is 11.4. The molecular formula is C12H21N3O4. The summed E-state index contributed by atoms with van der Waals surface area (Å²) in [5.74, 6) is -0.677. The fourth-order valence-electron chi connectivity index (χ4n) is 1.29. The first-order chi connectivity index (χ1) is 8.99. The largest absolute Gasteiger partial charge is 0.469 e. The van der Waals surface area contributed by atoms with Crippen LogP contribution in [0.2, 0.25) is 0 Å². The Labute approximate surface area is 113 Å². The third-order valence-corrected chi connectivity index (χ3v) is 2.22. The van der Waals surface area contributed by atoms with E-state index in [2.05, 4.69) is 21.9 Å². The second-order valence-corrected chi connectivity index (χ2v) is 3.96. The molecule has 0 aliphatic rings. The van der Waals surface area contributed by atoms with E-state index >= 15 is 0 Å². The van der Waals surface area contributed by atoms with Gasteiger partial charge in [0.1, 0.15) is 0 Å². The minimum Gasteiger partial charge on any atom is -0.469 e. The van der Waals surface area contributed by atoms with Gasteiger partial charge in [-0.2, -0.15) is 0 Å². The zero-order chi connectivity index (χ0) is 14.7. The van der Waals surface area contributed by atoms with Gasteiger partial charge in [0.2, 0.25) is 5.91 Å².